The van der Waals surface area contributed by atoms with Crippen LogP contribution in [0, 0.1) is 12.7 Å². The number of aryl methyl sites for hydroxylation is 1. The first kappa shape index (κ1) is 11.2. The smallest absolute Gasteiger partial charge is 0.312 e. The Morgan fingerprint density at radius 1 is 1.40 bits per heavy atom. The number of amides is 1. The number of rotatable bonds is 3. The van der Waals surface area contributed by atoms with Crippen molar-refractivity contribution in [3.63, 3.8) is 0 Å². The van der Waals surface area contributed by atoms with Crippen LogP contribution in [0.15, 0.2) is 18.2 Å². The molecule has 0 aromatic heterocycles. The molecule has 0 saturated carbocycles. The lowest BCUT2D eigenvalue weighted by atomic mass is 10.2. The first-order valence-electron chi connectivity index (χ1n) is 4.26. The summed E-state index contributed by atoms with van der Waals surface area (Å²) in [5.74, 6) is -2.37. The SMILES string of the molecule is Cc1cc(F)cc(NC(=O)CC(=O)O)c1. The fourth-order valence-corrected chi connectivity index (χ4v) is 1.15. The average Bonchev–Trinajstić information content (AvgIpc) is 1.98. The van der Waals surface area contributed by atoms with Crippen LogP contribution in [0.25, 0.3) is 0 Å². The van der Waals surface area contributed by atoms with Crippen LogP contribution in [0.1, 0.15) is 12.0 Å². The zero-order chi connectivity index (χ0) is 11.4. The highest BCUT2D eigenvalue weighted by Crippen LogP contribution is 2.13. The lowest BCUT2D eigenvalue weighted by Crippen LogP contribution is -2.16. The number of carbonyl (C=O) groups excluding carboxylic acids is 1. The van der Waals surface area contributed by atoms with Crippen LogP contribution in [0.4, 0.5) is 10.1 Å². The molecule has 0 atom stereocenters. The van der Waals surface area contributed by atoms with Crippen LogP contribution in [0.5, 0.6) is 0 Å². The molecule has 0 unspecified atom stereocenters. The normalized spacial score (nSPS) is 9.73. The van der Waals surface area contributed by atoms with E-state index in [0.29, 0.717) is 5.56 Å². The van der Waals surface area contributed by atoms with Gasteiger partial charge in [-0.1, -0.05) is 0 Å². The summed E-state index contributed by atoms with van der Waals surface area (Å²) in [5, 5.41) is 10.6. The largest absolute Gasteiger partial charge is 0.481 e. The molecule has 4 nitrogen and oxygen atoms in total. The average molecular weight is 211 g/mol. The Bertz CT molecular complexity index is 383. The van der Waals surface area contributed by atoms with E-state index in [9.17, 15) is 14.0 Å². The highest BCUT2D eigenvalue weighted by Gasteiger charge is 2.08. The molecule has 0 aliphatic rings. The third-order valence-corrected chi connectivity index (χ3v) is 1.64. The van der Waals surface area contributed by atoms with Gasteiger partial charge >= 0.3 is 5.97 Å². The first-order valence-corrected chi connectivity index (χ1v) is 4.26. The molecular formula is C10H10FNO3. The van der Waals surface area contributed by atoms with Crippen LogP contribution in [-0.2, 0) is 9.59 Å². The number of carbonyl (C=O) groups is 2. The van der Waals surface area contributed by atoms with E-state index in [2.05, 4.69) is 5.32 Å². The quantitative estimate of drug-likeness (QED) is 0.745. The van der Waals surface area contributed by atoms with Crippen molar-refractivity contribution in [3.8, 4) is 0 Å². The van der Waals surface area contributed by atoms with Crippen molar-refractivity contribution < 1.29 is 19.1 Å². The van der Waals surface area contributed by atoms with E-state index in [1.54, 1.807) is 13.0 Å². The number of nitrogens with one attached hydrogen (secondary N) is 1. The van der Waals surface area contributed by atoms with Gasteiger partial charge < -0.3 is 10.4 Å². The summed E-state index contributed by atoms with van der Waals surface area (Å²) in [6.07, 6.45) is -0.629. The van der Waals surface area contributed by atoms with Gasteiger partial charge in [-0.05, 0) is 30.7 Å². The van der Waals surface area contributed by atoms with Crippen molar-refractivity contribution in [2.75, 3.05) is 5.32 Å². The van der Waals surface area contributed by atoms with Gasteiger partial charge in [0, 0.05) is 5.69 Å². The zero-order valence-corrected chi connectivity index (χ0v) is 8.08. The molecule has 15 heavy (non-hydrogen) atoms. The minimum atomic E-state index is -1.22. The van der Waals surface area contributed by atoms with E-state index in [1.165, 1.54) is 6.07 Å². The monoisotopic (exact) mass is 211 g/mol. The Labute approximate surface area is 85.7 Å². The summed E-state index contributed by atoms with van der Waals surface area (Å²) >= 11 is 0. The molecule has 0 bridgehead atoms. The standard InChI is InChI=1S/C10H10FNO3/c1-6-2-7(11)4-8(3-6)12-9(13)5-10(14)15/h2-4H,5H2,1H3,(H,12,13)(H,14,15). The second-order valence-corrected chi connectivity index (χ2v) is 3.14. The predicted octanol–water partition coefficient (Wildman–Crippen LogP) is 1.55. The number of aliphatic carboxylic acids is 1. The van der Waals surface area contributed by atoms with Crippen LogP contribution < -0.4 is 5.32 Å². The predicted molar refractivity (Wildman–Crippen MR) is 52.0 cm³/mol. The maximum atomic E-state index is 12.9. The molecule has 1 aromatic rings. The number of carboxylic acids is 1. The molecule has 0 saturated heterocycles. The molecular weight excluding hydrogens is 201 g/mol. The number of hydrogen-bond donors (Lipinski definition) is 2. The molecule has 80 valence electrons. The van der Waals surface area contributed by atoms with E-state index >= 15 is 0 Å². The van der Waals surface area contributed by atoms with Crippen molar-refractivity contribution >= 4 is 17.6 Å². The van der Waals surface area contributed by atoms with Crippen LogP contribution in [-0.4, -0.2) is 17.0 Å². The second kappa shape index (κ2) is 4.54. The van der Waals surface area contributed by atoms with Gasteiger partial charge in [0.1, 0.15) is 12.2 Å². The zero-order valence-electron chi connectivity index (χ0n) is 8.08. The maximum absolute atomic E-state index is 12.9. The van der Waals surface area contributed by atoms with Crippen molar-refractivity contribution in [2.24, 2.45) is 0 Å². The Balaban J connectivity index is 2.72. The van der Waals surface area contributed by atoms with E-state index in [-0.39, 0.29) is 5.69 Å². The van der Waals surface area contributed by atoms with E-state index < -0.39 is 24.1 Å². The molecule has 0 spiro atoms. The van der Waals surface area contributed by atoms with E-state index in [1.807, 2.05) is 0 Å². The third-order valence-electron chi connectivity index (χ3n) is 1.64. The van der Waals surface area contributed by atoms with Crippen molar-refractivity contribution in [1.29, 1.82) is 0 Å². The summed E-state index contributed by atoms with van der Waals surface area (Å²) in [6, 6.07) is 4.00. The summed E-state index contributed by atoms with van der Waals surface area (Å²) in [6.45, 7) is 1.68. The highest BCUT2D eigenvalue weighted by molar-refractivity contribution is 6.01. The Kier molecular flexibility index (Phi) is 3.38. The minimum Gasteiger partial charge on any atom is -0.481 e. The Morgan fingerprint density at radius 2 is 2.07 bits per heavy atom. The van der Waals surface area contributed by atoms with Gasteiger partial charge in [-0.25, -0.2) is 4.39 Å². The van der Waals surface area contributed by atoms with Crippen LogP contribution in [0.3, 0.4) is 0 Å². The van der Waals surface area contributed by atoms with Crippen LogP contribution in [0.2, 0.25) is 0 Å². The lowest BCUT2D eigenvalue weighted by molar-refractivity contribution is -0.139. The van der Waals surface area contributed by atoms with Gasteiger partial charge in [0.05, 0.1) is 0 Å². The van der Waals surface area contributed by atoms with Crippen LogP contribution >= 0.6 is 0 Å². The maximum Gasteiger partial charge on any atom is 0.312 e. The van der Waals surface area contributed by atoms with Gasteiger partial charge in [0.2, 0.25) is 5.91 Å². The number of benzene rings is 1. The fraction of sp³-hybridized carbons (Fsp3) is 0.200. The minimum absolute atomic E-state index is 0.263. The van der Waals surface area contributed by atoms with Gasteiger partial charge in [-0.15, -0.1) is 0 Å². The number of carboxylic acid groups (broad SMARTS) is 1. The topological polar surface area (TPSA) is 66.4 Å². The van der Waals surface area contributed by atoms with Crippen molar-refractivity contribution in [1.82, 2.24) is 0 Å². The number of anilines is 1. The van der Waals surface area contributed by atoms with Crippen molar-refractivity contribution in [3.05, 3.63) is 29.6 Å². The van der Waals surface area contributed by atoms with Gasteiger partial charge in [0.25, 0.3) is 0 Å². The molecule has 2 N–H and O–H groups in total. The summed E-state index contributed by atoms with van der Waals surface area (Å²) in [4.78, 5) is 21.2. The molecule has 1 rings (SSSR count). The molecule has 1 amide bonds. The van der Waals surface area contributed by atoms with Gasteiger partial charge in [0.15, 0.2) is 0 Å². The van der Waals surface area contributed by atoms with Gasteiger partial charge in [-0.2, -0.15) is 0 Å². The van der Waals surface area contributed by atoms with Crippen molar-refractivity contribution in [2.45, 2.75) is 13.3 Å². The molecule has 0 heterocycles. The van der Waals surface area contributed by atoms with E-state index in [0.717, 1.165) is 6.07 Å². The summed E-state index contributed by atoms with van der Waals surface area (Å²) < 4.78 is 12.9. The Hall–Kier alpha value is -1.91. The molecule has 1 aromatic carbocycles. The summed E-state index contributed by atoms with van der Waals surface area (Å²) in [5.41, 5.74) is 0.916. The fourth-order valence-electron chi connectivity index (χ4n) is 1.15. The van der Waals surface area contributed by atoms with E-state index in [4.69, 9.17) is 5.11 Å². The third kappa shape index (κ3) is 3.76. The second-order valence-electron chi connectivity index (χ2n) is 3.14. The van der Waals surface area contributed by atoms with Gasteiger partial charge in [-0.3, -0.25) is 9.59 Å². The number of hydrogen-bond acceptors (Lipinski definition) is 2. The lowest BCUT2D eigenvalue weighted by Gasteiger charge is -2.04. The highest BCUT2D eigenvalue weighted by atomic mass is 19.1. The molecule has 0 radical (unpaired) electrons. The molecule has 0 aliphatic heterocycles. The Morgan fingerprint density at radius 3 is 2.60 bits per heavy atom. The molecule has 0 aliphatic carbocycles. The molecule has 0 fully saturated rings. The number of halogens is 1. The summed E-state index contributed by atoms with van der Waals surface area (Å²) in [7, 11) is 0. The molecule has 5 heteroatoms. The first-order chi connectivity index (χ1) is 6.97.